The molecule has 0 bridgehead atoms. The lowest BCUT2D eigenvalue weighted by molar-refractivity contribution is -0.141. The van der Waals surface area contributed by atoms with Crippen LogP contribution in [0.4, 0.5) is 0 Å². The first-order valence-corrected chi connectivity index (χ1v) is 8.71. The van der Waals surface area contributed by atoms with Gasteiger partial charge in [-0.1, -0.05) is 0 Å². The van der Waals surface area contributed by atoms with Crippen LogP contribution in [0.3, 0.4) is 0 Å². The molecule has 0 aromatic rings. The summed E-state index contributed by atoms with van der Waals surface area (Å²) in [6, 6.07) is 0. The summed E-state index contributed by atoms with van der Waals surface area (Å²) in [7, 11) is 0. The van der Waals surface area contributed by atoms with Crippen LogP contribution in [0.15, 0.2) is 0 Å². The molecule has 3 nitrogen and oxygen atoms in total. The molecule has 3 saturated heterocycles. The summed E-state index contributed by atoms with van der Waals surface area (Å²) in [4.78, 5) is 12.6. The van der Waals surface area contributed by atoms with Gasteiger partial charge in [0.05, 0.1) is 18.3 Å². The molecule has 0 radical (unpaired) electrons. The van der Waals surface area contributed by atoms with Crippen molar-refractivity contribution in [1.82, 2.24) is 0 Å². The number of rotatable bonds is 2. The Balaban J connectivity index is 1.62. The van der Waals surface area contributed by atoms with Gasteiger partial charge in [0.2, 0.25) is 0 Å². The summed E-state index contributed by atoms with van der Waals surface area (Å²) in [5, 5.41) is 0. The van der Waals surface area contributed by atoms with Crippen LogP contribution >= 0.6 is 11.8 Å². The number of carbonyl (C=O) groups excluding carboxylic acids is 1. The Kier molecular flexibility index (Phi) is 4.20. The quantitative estimate of drug-likeness (QED) is 0.781. The van der Waals surface area contributed by atoms with E-state index in [1.165, 1.54) is 11.5 Å². The minimum absolute atomic E-state index is 0.0227. The average Bonchev–Trinajstić information content (AvgIpc) is 2.85. The van der Waals surface area contributed by atoms with Crippen molar-refractivity contribution in [3.05, 3.63) is 0 Å². The lowest BCUT2D eigenvalue weighted by Crippen LogP contribution is -2.45. The van der Waals surface area contributed by atoms with Crippen molar-refractivity contribution in [3.63, 3.8) is 0 Å². The van der Waals surface area contributed by atoms with Gasteiger partial charge in [-0.2, -0.15) is 11.8 Å². The zero-order valence-electron chi connectivity index (χ0n) is 11.7. The highest BCUT2D eigenvalue weighted by Crippen LogP contribution is 2.41. The number of hydrogen-bond acceptors (Lipinski definition) is 4. The number of hydrogen-bond donors (Lipinski definition) is 0. The van der Waals surface area contributed by atoms with Gasteiger partial charge < -0.3 is 9.47 Å². The third-order valence-electron chi connectivity index (χ3n) is 4.90. The molecule has 0 amide bonds. The lowest BCUT2D eigenvalue weighted by atomic mass is 9.77. The largest absolute Gasteiger partial charge is 0.378 e. The predicted molar refractivity (Wildman–Crippen MR) is 76.5 cm³/mol. The highest BCUT2D eigenvalue weighted by atomic mass is 32.2. The van der Waals surface area contributed by atoms with Crippen molar-refractivity contribution in [2.75, 3.05) is 24.7 Å². The maximum absolute atomic E-state index is 12.6. The Labute approximate surface area is 119 Å². The molecule has 3 unspecified atom stereocenters. The first-order chi connectivity index (χ1) is 9.19. The third kappa shape index (κ3) is 3.01. The van der Waals surface area contributed by atoms with Crippen molar-refractivity contribution >= 4 is 17.5 Å². The van der Waals surface area contributed by atoms with Gasteiger partial charge in [-0.15, -0.1) is 0 Å². The highest BCUT2D eigenvalue weighted by Gasteiger charge is 2.43. The van der Waals surface area contributed by atoms with E-state index in [9.17, 15) is 4.79 Å². The molecule has 3 aliphatic heterocycles. The molecule has 3 atom stereocenters. The summed E-state index contributed by atoms with van der Waals surface area (Å²) in [6.45, 7) is 3.47. The van der Waals surface area contributed by atoms with Crippen LogP contribution in [0, 0.1) is 11.8 Å². The monoisotopic (exact) mass is 284 g/mol. The maximum Gasteiger partial charge on any atom is 0.141 e. The van der Waals surface area contributed by atoms with Crippen LogP contribution in [-0.4, -0.2) is 42.2 Å². The summed E-state index contributed by atoms with van der Waals surface area (Å²) < 4.78 is 11.6. The van der Waals surface area contributed by atoms with E-state index in [4.69, 9.17) is 9.47 Å². The summed E-state index contributed by atoms with van der Waals surface area (Å²) in [5.74, 6) is 3.18. The highest BCUT2D eigenvalue weighted by molar-refractivity contribution is 7.99. The number of ketones is 1. The fourth-order valence-corrected chi connectivity index (χ4v) is 4.95. The molecule has 0 aliphatic carbocycles. The van der Waals surface area contributed by atoms with Crippen LogP contribution < -0.4 is 0 Å². The fourth-order valence-electron chi connectivity index (χ4n) is 3.71. The number of carbonyl (C=O) groups is 1. The fraction of sp³-hybridized carbons (Fsp3) is 0.933. The molecule has 4 heteroatoms. The molecule has 0 saturated carbocycles. The first-order valence-electron chi connectivity index (χ1n) is 7.56. The maximum atomic E-state index is 12.6. The van der Waals surface area contributed by atoms with Gasteiger partial charge in [0, 0.05) is 18.4 Å². The van der Waals surface area contributed by atoms with Crippen LogP contribution in [-0.2, 0) is 14.3 Å². The van der Waals surface area contributed by atoms with E-state index in [1.54, 1.807) is 0 Å². The molecular weight excluding hydrogens is 260 g/mol. The smallest absolute Gasteiger partial charge is 0.141 e. The Morgan fingerprint density at radius 3 is 2.74 bits per heavy atom. The lowest BCUT2D eigenvalue weighted by Gasteiger charge is -2.43. The second kappa shape index (κ2) is 5.74. The Hall–Kier alpha value is -0.0600. The molecular formula is C15H24O3S. The van der Waals surface area contributed by atoms with Crippen molar-refractivity contribution in [3.8, 4) is 0 Å². The van der Waals surface area contributed by atoms with E-state index in [0.717, 1.165) is 38.7 Å². The molecule has 3 rings (SSSR count). The summed E-state index contributed by atoms with van der Waals surface area (Å²) in [5.41, 5.74) is 0.0227. The van der Waals surface area contributed by atoms with Gasteiger partial charge >= 0.3 is 0 Å². The van der Waals surface area contributed by atoms with E-state index < -0.39 is 0 Å². The van der Waals surface area contributed by atoms with Gasteiger partial charge in [0.25, 0.3) is 0 Å². The Morgan fingerprint density at radius 2 is 2.05 bits per heavy atom. The second-order valence-electron chi connectivity index (χ2n) is 6.31. The van der Waals surface area contributed by atoms with Crippen LogP contribution in [0.25, 0.3) is 0 Å². The zero-order chi connectivity index (χ0) is 13.3. The predicted octanol–water partition coefficient (Wildman–Crippen LogP) is 2.67. The van der Waals surface area contributed by atoms with Crippen LogP contribution in [0.5, 0.6) is 0 Å². The molecule has 0 aromatic heterocycles. The Morgan fingerprint density at radius 1 is 1.26 bits per heavy atom. The SMILES string of the molecule is CC1CC(C(=O)C2CCOC3(CCSCC3)C2)CO1. The van der Waals surface area contributed by atoms with Gasteiger partial charge in [-0.3, -0.25) is 4.79 Å². The number of ether oxygens (including phenoxy) is 2. The molecule has 108 valence electrons. The zero-order valence-corrected chi connectivity index (χ0v) is 12.5. The molecule has 1 spiro atoms. The van der Waals surface area contributed by atoms with E-state index in [2.05, 4.69) is 6.92 Å². The average molecular weight is 284 g/mol. The van der Waals surface area contributed by atoms with E-state index in [1.807, 2.05) is 11.8 Å². The standard InChI is InChI=1S/C15H24O3S/c1-11-8-13(10-17-11)14(16)12-2-5-18-15(9-12)3-6-19-7-4-15/h11-13H,2-10H2,1H3. The van der Waals surface area contributed by atoms with E-state index >= 15 is 0 Å². The van der Waals surface area contributed by atoms with Crippen molar-refractivity contribution in [2.24, 2.45) is 11.8 Å². The molecule has 3 heterocycles. The van der Waals surface area contributed by atoms with Crippen LogP contribution in [0.2, 0.25) is 0 Å². The van der Waals surface area contributed by atoms with Gasteiger partial charge in [-0.25, -0.2) is 0 Å². The van der Waals surface area contributed by atoms with E-state index in [-0.39, 0.29) is 23.5 Å². The van der Waals surface area contributed by atoms with Crippen molar-refractivity contribution in [2.45, 2.75) is 50.7 Å². The minimum Gasteiger partial charge on any atom is -0.378 e. The summed E-state index contributed by atoms with van der Waals surface area (Å²) in [6.07, 6.45) is 5.29. The minimum atomic E-state index is 0.0227. The molecule has 19 heavy (non-hydrogen) atoms. The molecule has 3 aliphatic rings. The molecule has 0 N–H and O–H groups in total. The van der Waals surface area contributed by atoms with Gasteiger partial charge in [-0.05, 0) is 50.5 Å². The number of Topliss-reactive ketones (excluding diaryl/α,β-unsaturated/α-hetero) is 1. The third-order valence-corrected chi connectivity index (χ3v) is 5.89. The van der Waals surface area contributed by atoms with Crippen molar-refractivity contribution in [1.29, 1.82) is 0 Å². The van der Waals surface area contributed by atoms with Crippen molar-refractivity contribution < 1.29 is 14.3 Å². The first kappa shape index (κ1) is 13.9. The number of thioether (sulfide) groups is 1. The topological polar surface area (TPSA) is 35.5 Å². The normalized spacial score (nSPS) is 38.5. The second-order valence-corrected chi connectivity index (χ2v) is 7.54. The Bertz CT molecular complexity index is 333. The molecule has 3 fully saturated rings. The van der Waals surface area contributed by atoms with Gasteiger partial charge in [0.1, 0.15) is 5.78 Å². The molecule has 0 aromatic carbocycles. The summed E-state index contributed by atoms with van der Waals surface area (Å²) >= 11 is 2.01. The van der Waals surface area contributed by atoms with E-state index in [0.29, 0.717) is 12.4 Å². The van der Waals surface area contributed by atoms with Crippen LogP contribution in [0.1, 0.15) is 39.0 Å². The van der Waals surface area contributed by atoms with Gasteiger partial charge in [0.15, 0.2) is 0 Å².